The number of rotatable bonds is 9. The Kier molecular flexibility index (Phi) is 7.46. The lowest BCUT2D eigenvalue weighted by atomic mass is 10.0. The zero-order valence-corrected chi connectivity index (χ0v) is 18.6. The maximum atomic E-state index is 13.2. The number of nitrogens with zero attached hydrogens (tertiary/aromatic N) is 2. The minimum atomic E-state index is -0.304. The van der Waals surface area contributed by atoms with Gasteiger partial charge in [-0.1, -0.05) is 0 Å². The van der Waals surface area contributed by atoms with Crippen molar-refractivity contribution in [3.05, 3.63) is 54.0 Å². The summed E-state index contributed by atoms with van der Waals surface area (Å²) in [7, 11) is 1.62. The van der Waals surface area contributed by atoms with Crippen LogP contribution in [0.3, 0.4) is 0 Å². The second kappa shape index (κ2) is 10.3. The van der Waals surface area contributed by atoms with Gasteiger partial charge in [0.1, 0.15) is 17.6 Å². The van der Waals surface area contributed by atoms with E-state index in [2.05, 4.69) is 10.4 Å². The second-order valence-electron chi connectivity index (χ2n) is 7.93. The van der Waals surface area contributed by atoms with Gasteiger partial charge < -0.3 is 19.4 Å². The molecule has 2 atom stereocenters. The molecule has 0 saturated heterocycles. The number of quaternary nitrogens is 1. The van der Waals surface area contributed by atoms with E-state index in [1.165, 1.54) is 5.01 Å². The van der Waals surface area contributed by atoms with E-state index in [1.807, 2.05) is 57.2 Å². The van der Waals surface area contributed by atoms with Gasteiger partial charge in [0.2, 0.25) is 0 Å². The summed E-state index contributed by atoms with van der Waals surface area (Å²) in [6.45, 7) is 6.88. The molecule has 0 spiro atoms. The zero-order valence-electron chi connectivity index (χ0n) is 18.6. The molecule has 8 nitrogen and oxygen atoms in total. The Labute approximate surface area is 182 Å². The highest BCUT2D eigenvalue weighted by Crippen LogP contribution is 2.33. The molecule has 1 aliphatic rings. The van der Waals surface area contributed by atoms with E-state index in [9.17, 15) is 9.59 Å². The van der Waals surface area contributed by atoms with Gasteiger partial charge in [-0.15, -0.1) is 0 Å². The Morgan fingerprint density at radius 3 is 2.58 bits per heavy atom. The average Bonchev–Trinajstić information content (AvgIpc) is 3.42. The van der Waals surface area contributed by atoms with Crippen LogP contribution < -0.4 is 15.0 Å². The molecule has 8 heteroatoms. The number of benzene rings is 1. The predicted octanol–water partition coefficient (Wildman–Crippen LogP) is 1.40. The van der Waals surface area contributed by atoms with Gasteiger partial charge in [-0.3, -0.25) is 9.59 Å². The monoisotopic (exact) mass is 427 g/mol. The summed E-state index contributed by atoms with van der Waals surface area (Å²) in [5.41, 5.74) is 1.75. The summed E-state index contributed by atoms with van der Waals surface area (Å²) < 4.78 is 10.8. The van der Waals surface area contributed by atoms with Crippen LogP contribution in [0.1, 0.15) is 44.6 Å². The van der Waals surface area contributed by atoms with E-state index in [0.29, 0.717) is 18.7 Å². The lowest BCUT2D eigenvalue weighted by molar-refractivity contribution is -0.882. The molecule has 2 N–H and O–H groups in total. The molecular formula is C23H31N4O4+. The molecule has 1 aromatic carbocycles. The first-order valence-corrected chi connectivity index (χ1v) is 10.6. The van der Waals surface area contributed by atoms with Crippen molar-refractivity contribution in [1.82, 2.24) is 10.3 Å². The van der Waals surface area contributed by atoms with Gasteiger partial charge in [0, 0.05) is 12.5 Å². The van der Waals surface area contributed by atoms with Crippen LogP contribution in [-0.2, 0) is 9.59 Å². The number of amides is 2. The smallest absolute Gasteiger partial charge is 0.298 e. The molecule has 31 heavy (non-hydrogen) atoms. The fourth-order valence-corrected chi connectivity index (χ4v) is 3.61. The van der Waals surface area contributed by atoms with Crippen molar-refractivity contribution in [1.29, 1.82) is 0 Å². The van der Waals surface area contributed by atoms with Gasteiger partial charge in [-0.25, -0.2) is 5.01 Å². The molecule has 3 rings (SSSR count). The van der Waals surface area contributed by atoms with Crippen molar-refractivity contribution in [2.45, 2.75) is 39.3 Å². The van der Waals surface area contributed by atoms with Gasteiger partial charge in [-0.2, -0.15) is 5.10 Å². The number of hydrazone groups is 1. The summed E-state index contributed by atoms with van der Waals surface area (Å²) in [5.74, 6) is 1.25. The van der Waals surface area contributed by atoms with Gasteiger partial charge in [0.25, 0.3) is 11.8 Å². The Morgan fingerprint density at radius 2 is 2.00 bits per heavy atom. The summed E-state index contributed by atoms with van der Waals surface area (Å²) in [5, 5.41) is 9.04. The minimum absolute atomic E-state index is 0.0638. The normalized spacial score (nSPS) is 16.9. The summed E-state index contributed by atoms with van der Waals surface area (Å²) in [6, 6.07) is 11.1. The molecule has 0 radical (unpaired) electrons. The van der Waals surface area contributed by atoms with Gasteiger partial charge in [-0.05, 0) is 62.7 Å². The Morgan fingerprint density at radius 1 is 1.26 bits per heavy atom. The van der Waals surface area contributed by atoms with Crippen LogP contribution in [0.4, 0.5) is 0 Å². The number of carbonyl (C=O) groups excluding carboxylic acids is 2. The third kappa shape index (κ3) is 5.73. The summed E-state index contributed by atoms with van der Waals surface area (Å²) >= 11 is 0. The van der Waals surface area contributed by atoms with Crippen molar-refractivity contribution < 1.29 is 23.6 Å². The maximum Gasteiger partial charge on any atom is 0.298 e. The van der Waals surface area contributed by atoms with Crippen molar-refractivity contribution in [3.8, 4) is 5.75 Å². The molecule has 2 aromatic rings. The molecule has 2 heterocycles. The van der Waals surface area contributed by atoms with Crippen LogP contribution in [0.15, 0.2) is 52.2 Å². The van der Waals surface area contributed by atoms with E-state index in [0.717, 1.165) is 21.9 Å². The third-order valence-corrected chi connectivity index (χ3v) is 5.22. The quantitative estimate of drug-likeness (QED) is 0.633. The number of methoxy groups -OCH3 is 1. The van der Waals surface area contributed by atoms with Crippen LogP contribution in [0.25, 0.3) is 0 Å². The Bertz CT molecular complexity index is 906. The summed E-state index contributed by atoms with van der Waals surface area (Å²) in [4.78, 5) is 26.2. The Hall–Kier alpha value is -3.13. The number of carbonyl (C=O) groups is 2. The molecule has 0 aliphatic carbocycles. The van der Waals surface area contributed by atoms with E-state index in [1.54, 1.807) is 13.4 Å². The van der Waals surface area contributed by atoms with Crippen LogP contribution >= 0.6 is 0 Å². The molecule has 0 saturated carbocycles. The molecular weight excluding hydrogens is 396 g/mol. The maximum absolute atomic E-state index is 13.2. The van der Waals surface area contributed by atoms with Gasteiger partial charge >= 0.3 is 0 Å². The fraction of sp³-hybridized carbons (Fsp3) is 0.435. The van der Waals surface area contributed by atoms with Crippen LogP contribution in [0.2, 0.25) is 0 Å². The highest BCUT2D eigenvalue weighted by Gasteiger charge is 2.36. The first kappa shape index (κ1) is 22.6. The van der Waals surface area contributed by atoms with E-state index in [-0.39, 0.29) is 37.0 Å². The topological polar surface area (TPSA) is 88.6 Å². The van der Waals surface area contributed by atoms with Gasteiger partial charge in [0.05, 0.1) is 25.6 Å². The number of ether oxygens (including phenoxy) is 1. The predicted molar refractivity (Wildman–Crippen MR) is 117 cm³/mol. The van der Waals surface area contributed by atoms with Crippen molar-refractivity contribution in [2.75, 3.05) is 26.7 Å². The molecule has 166 valence electrons. The highest BCUT2D eigenvalue weighted by atomic mass is 16.5. The zero-order chi connectivity index (χ0) is 22.4. The number of nitrogens with one attached hydrogen (secondary N) is 2. The van der Waals surface area contributed by atoms with Crippen molar-refractivity contribution >= 4 is 17.5 Å². The number of likely N-dealkylation sites (N-methyl/N-ethyl adjacent to an activating group) is 1. The van der Waals surface area contributed by atoms with Crippen LogP contribution in [0.5, 0.6) is 5.75 Å². The van der Waals surface area contributed by atoms with Crippen molar-refractivity contribution in [2.24, 2.45) is 5.10 Å². The van der Waals surface area contributed by atoms with E-state index in [4.69, 9.17) is 9.15 Å². The average molecular weight is 428 g/mol. The SMILES string of the molecule is CC[NH+](CC(=O)NC(C)C)CC(=O)N1N=C(c2ccc(OC)cc2)C[C@@H]1c1ccco1. The van der Waals surface area contributed by atoms with E-state index >= 15 is 0 Å². The second-order valence-corrected chi connectivity index (χ2v) is 7.93. The number of furan rings is 1. The molecule has 0 fully saturated rings. The molecule has 2 amide bonds. The first-order valence-electron chi connectivity index (χ1n) is 10.6. The molecule has 1 unspecified atom stereocenters. The third-order valence-electron chi connectivity index (χ3n) is 5.22. The van der Waals surface area contributed by atoms with E-state index < -0.39 is 0 Å². The largest absolute Gasteiger partial charge is 0.497 e. The number of hydrogen-bond donors (Lipinski definition) is 2. The molecule has 1 aromatic heterocycles. The van der Waals surface area contributed by atoms with Crippen LogP contribution in [0, 0.1) is 0 Å². The molecule has 1 aliphatic heterocycles. The Balaban J connectivity index is 1.77. The standard InChI is InChI=1S/C23H30N4O4/c1-5-26(14-22(28)24-16(2)3)15-23(29)27-20(21-7-6-12-31-21)13-19(25-27)17-8-10-18(30-4)11-9-17/h6-12,16,20H,5,13-15H2,1-4H3,(H,24,28)/p+1/t20-/m1/s1. The lowest BCUT2D eigenvalue weighted by Crippen LogP contribution is -3.14. The van der Waals surface area contributed by atoms with Gasteiger partial charge in [0.15, 0.2) is 13.1 Å². The van der Waals surface area contributed by atoms with Crippen LogP contribution in [-0.4, -0.2) is 55.3 Å². The first-order chi connectivity index (χ1) is 14.9. The van der Waals surface area contributed by atoms with Crippen molar-refractivity contribution in [3.63, 3.8) is 0 Å². The fourth-order valence-electron chi connectivity index (χ4n) is 3.61. The molecule has 0 bridgehead atoms. The minimum Gasteiger partial charge on any atom is -0.497 e. The summed E-state index contributed by atoms with van der Waals surface area (Å²) in [6.07, 6.45) is 2.16. The lowest BCUT2D eigenvalue weighted by Gasteiger charge is -2.23. The number of hydrogen-bond acceptors (Lipinski definition) is 5. The highest BCUT2D eigenvalue weighted by molar-refractivity contribution is 6.03.